The maximum absolute atomic E-state index is 12.9. The van der Waals surface area contributed by atoms with E-state index in [0.29, 0.717) is 29.9 Å². The normalized spacial score (nSPS) is 15.3. The highest BCUT2D eigenvalue weighted by Gasteiger charge is 2.31. The number of benzene rings is 1. The third-order valence-corrected chi connectivity index (χ3v) is 5.82. The van der Waals surface area contributed by atoms with Gasteiger partial charge in [0.1, 0.15) is 17.8 Å². The predicted octanol–water partition coefficient (Wildman–Crippen LogP) is 4.08. The Balaban J connectivity index is 1.24. The third-order valence-electron chi connectivity index (χ3n) is 5.82. The molecule has 1 aliphatic heterocycles. The minimum absolute atomic E-state index is 0.290. The van der Waals surface area contributed by atoms with Gasteiger partial charge < -0.3 is 14.6 Å². The zero-order chi connectivity index (χ0) is 20.9. The molecule has 0 unspecified atom stereocenters. The highest BCUT2D eigenvalue weighted by Crippen LogP contribution is 2.43. The first-order valence-electron chi connectivity index (χ1n) is 10.3. The Morgan fingerprint density at radius 3 is 3.03 bits per heavy atom. The summed E-state index contributed by atoms with van der Waals surface area (Å²) in [6.07, 6.45) is 5.48. The largest absolute Gasteiger partial charge is 0.439 e. The van der Waals surface area contributed by atoms with Crippen LogP contribution in [0.2, 0.25) is 0 Å². The van der Waals surface area contributed by atoms with Gasteiger partial charge in [-0.05, 0) is 44.0 Å². The summed E-state index contributed by atoms with van der Waals surface area (Å²) in [5.41, 5.74) is 3.60. The molecule has 1 aromatic carbocycles. The van der Waals surface area contributed by atoms with Gasteiger partial charge >= 0.3 is 6.03 Å². The molecule has 1 fully saturated rings. The molecule has 0 bridgehead atoms. The van der Waals surface area contributed by atoms with Crippen LogP contribution >= 0.6 is 0 Å². The first kappa shape index (κ1) is 18.1. The van der Waals surface area contributed by atoms with Crippen molar-refractivity contribution in [2.24, 2.45) is 0 Å². The van der Waals surface area contributed by atoms with Crippen molar-refractivity contribution in [2.45, 2.75) is 38.8 Å². The van der Waals surface area contributed by atoms with Gasteiger partial charge in [-0.25, -0.2) is 14.8 Å². The number of nitrogens with zero attached hydrogens (tertiary/aromatic N) is 4. The lowest BCUT2D eigenvalue weighted by Crippen LogP contribution is -2.19. The van der Waals surface area contributed by atoms with Gasteiger partial charge in [-0.2, -0.15) is 0 Å². The lowest BCUT2D eigenvalue weighted by atomic mass is 10.2. The van der Waals surface area contributed by atoms with Crippen molar-refractivity contribution >= 4 is 22.8 Å². The summed E-state index contributed by atoms with van der Waals surface area (Å²) >= 11 is 0. The number of ether oxygens (including phenoxy) is 1. The van der Waals surface area contributed by atoms with Gasteiger partial charge in [0.05, 0.1) is 16.8 Å². The van der Waals surface area contributed by atoms with Crippen LogP contribution in [-0.2, 0) is 13.1 Å². The monoisotopic (exact) mass is 416 g/mol. The fourth-order valence-corrected chi connectivity index (χ4v) is 3.98. The van der Waals surface area contributed by atoms with Crippen LogP contribution in [0.15, 0.2) is 41.3 Å². The fourth-order valence-electron chi connectivity index (χ4n) is 3.98. The molecule has 4 aromatic rings. The molecule has 156 valence electrons. The number of carbonyl (C=O) groups excluding carboxylic acids is 1. The fraction of sp³-hybridized carbons (Fsp3) is 0.273. The Morgan fingerprint density at radius 1 is 1.26 bits per heavy atom. The molecular weight excluding hydrogens is 396 g/mol. The summed E-state index contributed by atoms with van der Waals surface area (Å²) < 4.78 is 13.0. The van der Waals surface area contributed by atoms with E-state index in [1.807, 2.05) is 31.2 Å². The van der Waals surface area contributed by atoms with E-state index in [-0.39, 0.29) is 6.03 Å². The number of fused-ring (bicyclic) bond motifs is 2. The number of rotatable bonds is 4. The topological polar surface area (TPSA) is 107 Å². The van der Waals surface area contributed by atoms with E-state index < -0.39 is 0 Å². The summed E-state index contributed by atoms with van der Waals surface area (Å²) in [6, 6.07) is 7.16. The van der Waals surface area contributed by atoms with E-state index in [1.54, 1.807) is 10.8 Å². The van der Waals surface area contributed by atoms with Crippen LogP contribution in [0.1, 0.15) is 41.3 Å². The number of hydrogen-bond acceptors (Lipinski definition) is 7. The second-order valence-corrected chi connectivity index (χ2v) is 7.94. The quantitative estimate of drug-likeness (QED) is 0.516. The number of carbonyl (C=O) groups is 1. The lowest BCUT2D eigenvalue weighted by molar-refractivity contribution is 0.254. The number of anilines is 1. The highest BCUT2D eigenvalue weighted by molar-refractivity contribution is 5.98. The summed E-state index contributed by atoms with van der Waals surface area (Å²) in [4.78, 5) is 21.4. The molecule has 31 heavy (non-hydrogen) atoms. The van der Waals surface area contributed by atoms with Crippen molar-refractivity contribution in [2.75, 3.05) is 5.32 Å². The Bertz CT molecular complexity index is 1320. The van der Waals surface area contributed by atoms with Crippen molar-refractivity contribution in [3.8, 4) is 11.6 Å². The van der Waals surface area contributed by atoms with Crippen molar-refractivity contribution in [1.82, 2.24) is 25.0 Å². The minimum Gasteiger partial charge on any atom is -0.439 e. The van der Waals surface area contributed by atoms with E-state index in [1.165, 1.54) is 6.33 Å². The molecule has 0 radical (unpaired) electrons. The van der Waals surface area contributed by atoms with E-state index in [0.717, 1.165) is 52.9 Å². The third kappa shape index (κ3) is 3.14. The number of aromatic nitrogens is 4. The molecule has 0 spiro atoms. The first-order valence-corrected chi connectivity index (χ1v) is 10.3. The van der Waals surface area contributed by atoms with E-state index in [4.69, 9.17) is 9.26 Å². The van der Waals surface area contributed by atoms with Crippen LogP contribution in [0.3, 0.4) is 0 Å². The Kier molecular flexibility index (Phi) is 4.03. The summed E-state index contributed by atoms with van der Waals surface area (Å²) in [5.74, 6) is 3.00. The van der Waals surface area contributed by atoms with Gasteiger partial charge in [-0.15, -0.1) is 0 Å². The molecule has 0 saturated heterocycles. The number of nitrogens with one attached hydrogen (secondary N) is 2. The summed E-state index contributed by atoms with van der Waals surface area (Å²) in [7, 11) is 0. The van der Waals surface area contributed by atoms with E-state index in [2.05, 4.69) is 25.8 Å². The average Bonchev–Trinajstić information content (AvgIpc) is 3.18. The van der Waals surface area contributed by atoms with Gasteiger partial charge in [0.15, 0.2) is 5.82 Å². The second kappa shape index (κ2) is 6.92. The molecule has 9 heteroatoms. The van der Waals surface area contributed by atoms with Crippen molar-refractivity contribution < 1.29 is 14.1 Å². The smallest absolute Gasteiger partial charge is 0.331 e. The van der Waals surface area contributed by atoms with Gasteiger partial charge in [0.25, 0.3) is 0 Å². The van der Waals surface area contributed by atoms with Crippen LogP contribution in [0, 0.1) is 6.92 Å². The van der Waals surface area contributed by atoms with Crippen LogP contribution in [0.25, 0.3) is 10.9 Å². The molecule has 1 aliphatic carbocycles. The van der Waals surface area contributed by atoms with Crippen LogP contribution in [0.5, 0.6) is 11.6 Å². The molecule has 9 nitrogen and oxygen atoms in total. The maximum Gasteiger partial charge on any atom is 0.331 e. The first-order chi connectivity index (χ1) is 15.2. The van der Waals surface area contributed by atoms with Crippen LogP contribution in [0.4, 0.5) is 10.6 Å². The van der Waals surface area contributed by atoms with Crippen molar-refractivity contribution in [1.29, 1.82) is 0 Å². The molecule has 3 aromatic heterocycles. The molecule has 4 heterocycles. The van der Waals surface area contributed by atoms with Crippen molar-refractivity contribution in [3.63, 3.8) is 0 Å². The Hall–Kier alpha value is -3.72. The van der Waals surface area contributed by atoms with Crippen molar-refractivity contribution in [3.05, 3.63) is 59.4 Å². The van der Waals surface area contributed by atoms with Crippen LogP contribution in [-0.4, -0.2) is 25.7 Å². The summed E-state index contributed by atoms with van der Waals surface area (Å²) in [6.45, 7) is 3.34. The maximum atomic E-state index is 12.9. The molecule has 6 rings (SSSR count). The molecule has 2 N–H and O–H groups in total. The van der Waals surface area contributed by atoms with Crippen LogP contribution < -0.4 is 15.4 Å². The molecule has 2 aliphatic rings. The summed E-state index contributed by atoms with van der Waals surface area (Å²) in [5, 5.41) is 11.0. The minimum atomic E-state index is -0.290. The second-order valence-electron chi connectivity index (χ2n) is 7.94. The highest BCUT2D eigenvalue weighted by atomic mass is 16.5. The lowest BCUT2D eigenvalue weighted by Gasteiger charge is -2.09. The molecule has 0 atom stereocenters. The van der Waals surface area contributed by atoms with Gasteiger partial charge in [0.2, 0.25) is 5.88 Å². The van der Waals surface area contributed by atoms with E-state index >= 15 is 0 Å². The zero-order valence-corrected chi connectivity index (χ0v) is 16.9. The van der Waals surface area contributed by atoms with E-state index in [9.17, 15) is 4.79 Å². The molecular formula is C22H20N6O3. The average molecular weight is 416 g/mol. The van der Waals surface area contributed by atoms with Gasteiger partial charge in [0, 0.05) is 36.2 Å². The number of hydrogen-bond donors (Lipinski definition) is 2. The Labute approximate surface area is 177 Å². The standard InChI is InChI=1S/C22H20N6O3/c1-12-19(13-2-3-13)31-27-20(12)26-22(29)28-7-6-14-8-15(4-5-18(14)28)30-21-16-9-23-10-17(16)24-11-25-21/h4-8,11,13,23H,2-3,9-10H2,1H3,(H,26,27,29). The molecule has 1 amide bonds. The van der Waals surface area contributed by atoms with Gasteiger partial charge in [-0.1, -0.05) is 5.16 Å². The number of amides is 1. The molecule has 1 saturated carbocycles. The predicted molar refractivity (Wildman–Crippen MR) is 112 cm³/mol. The Morgan fingerprint density at radius 2 is 2.16 bits per heavy atom. The SMILES string of the molecule is Cc1c(NC(=O)n2ccc3cc(Oc4ncnc5c4CNC5)ccc32)noc1C1CC1. The zero-order valence-electron chi connectivity index (χ0n) is 16.9. The van der Waals surface area contributed by atoms with Gasteiger partial charge in [-0.3, -0.25) is 9.88 Å².